The van der Waals surface area contributed by atoms with Gasteiger partial charge in [0.25, 0.3) is 0 Å². The molecule has 0 saturated heterocycles. The second-order valence-electron chi connectivity index (χ2n) is 7.40. The van der Waals surface area contributed by atoms with Gasteiger partial charge in [-0.3, -0.25) is 0 Å². The molecule has 0 aliphatic heterocycles. The van der Waals surface area contributed by atoms with E-state index in [1.54, 1.807) is 0 Å². The number of nitrogens with one attached hydrogen (secondary N) is 1. The molecule has 0 atom stereocenters. The molecule has 12 heteroatoms. The number of hydrogen-bond donors (Lipinski definition) is 4. The zero-order valence-electron chi connectivity index (χ0n) is 15.3. The molecule has 0 aromatic carbocycles. The van der Waals surface area contributed by atoms with Crippen LogP contribution in [0.25, 0.3) is 0 Å². The molecule has 1 fully saturated rings. The fraction of sp³-hybridized carbons (Fsp3) is 1.00. The number of rotatable bonds is 4. The van der Waals surface area contributed by atoms with Crippen LogP contribution >= 0.6 is 7.82 Å². The van der Waals surface area contributed by atoms with Gasteiger partial charge in [0.2, 0.25) is 0 Å². The average molecular weight is 431 g/mol. The number of halogens is 6. The Labute approximate surface area is 154 Å². The van der Waals surface area contributed by atoms with Crippen molar-refractivity contribution in [3.8, 4) is 0 Å². The van der Waals surface area contributed by atoms with Gasteiger partial charge in [0.05, 0.1) is 0 Å². The quantitative estimate of drug-likeness (QED) is 0.384. The van der Waals surface area contributed by atoms with Crippen LogP contribution < -0.4 is 5.32 Å². The van der Waals surface area contributed by atoms with Crippen molar-refractivity contribution in [1.29, 1.82) is 0 Å². The summed E-state index contributed by atoms with van der Waals surface area (Å²) < 4.78 is 85.5. The van der Waals surface area contributed by atoms with Crippen LogP contribution in [-0.4, -0.2) is 39.1 Å². The number of alkyl halides is 6. The van der Waals surface area contributed by atoms with Crippen LogP contribution in [0.5, 0.6) is 0 Å². The lowest BCUT2D eigenvalue weighted by Crippen LogP contribution is -2.39. The Balaban J connectivity index is 0.00000119. The van der Waals surface area contributed by atoms with Gasteiger partial charge in [-0.05, 0) is 31.1 Å². The minimum absolute atomic E-state index is 0.0116. The molecule has 0 spiro atoms. The highest BCUT2D eigenvalue weighted by Crippen LogP contribution is 2.49. The highest BCUT2D eigenvalue weighted by molar-refractivity contribution is 7.45. The van der Waals surface area contributed by atoms with E-state index in [1.807, 2.05) is 13.8 Å². The van der Waals surface area contributed by atoms with E-state index in [0.717, 1.165) is 0 Å². The fourth-order valence-electron chi connectivity index (χ4n) is 3.62. The molecule has 0 aromatic rings. The topological polar surface area (TPSA) is 89.8 Å². The van der Waals surface area contributed by atoms with E-state index in [4.69, 9.17) is 19.2 Å². The first kappa shape index (κ1) is 26.6. The van der Waals surface area contributed by atoms with Crippen LogP contribution in [0.4, 0.5) is 26.3 Å². The third kappa shape index (κ3) is 16.3. The highest BCUT2D eigenvalue weighted by Gasteiger charge is 2.48. The van der Waals surface area contributed by atoms with Crippen LogP contribution in [0.3, 0.4) is 0 Å². The summed E-state index contributed by atoms with van der Waals surface area (Å²) in [5.41, 5.74) is -1.68. The van der Waals surface area contributed by atoms with Crippen molar-refractivity contribution < 1.29 is 45.6 Å². The summed E-state index contributed by atoms with van der Waals surface area (Å²) in [4.78, 5) is 21.6. The van der Waals surface area contributed by atoms with E-state index in [9.17, 15) is 26.3 Å². The summed E-state index contributed by atoms with van der Waals surface area (Å²) in [6.07, 6.45) is -9.73. The molecule has 5 nitrogen and oxygen atoms in total. The summed E-state index contributed by atoms with van der Waals surface area (Å²) in [5.74, 6) is 0. The predicted octanol–water partition coefficient (Wildman–Crippen LogP) is 4.67. The maximum absolute atomic E-state index is 12.8. The molecule has 0 radical (unpaired) electrons. The summed E-state index contributed by atoms with van der Waals surface area (Å²) >= 11 is 0. The fourth-order valence-corrected chi connectivity index (χ4v) is 3.62. The molecule has 164 valence electrons. The smallest absolute Gasteiger partial charge is 0.312 e. The van der Waals surface area contributed by atoms with Crippen molar-refractivity contribution in [3.63, 3.8) is 0 Å². The largest absolute Gasteiger partial charge is 0.466 e. The molecular weight excluding hydrogens is 403 g/mol. The first-order valence-corrected chi connectivity index (χ1v) is 10.2. The molecule has 0 unspecified atom stereocenters. The molecule has 0 amide bonds. The Morgan fingerprint density at radius 1 is 0.963 bits per heavy atom. The third-order valence-electron chi connectivity index (χ3n) is 4.24. The third-order valence-corrected chi connectivity index (χ3v) is 4.24. The maximum Gasteiger partial charge on any atom is 0.466 e. The number of hydrogen-bond acceptors (Lipinski definition) is 2. The molecule has 27 heavy (non-hydrogen) atoms. The van der Waals surface area contributed by atoms with Gasteiger partial charge in [-0.25, -0.2) is 4.57 Å². The summed E-state index contributed by atoms with van der Waals surface area (Å²) in [5, 5.41) is 3.33. The molecule has 0 bridgehead atoms. The van der Waals surface area contributed by atoms with Gasteiger partial charge < -0.3 is 20.0 Å². The molecule has 1 aliphatic carbocycles. The Morgan fingerprint density at radius 3 is 1.56 bits per heavy atom. The monoisotopic (exact) mass is 431 g/mol. The number of phosphoric acid groups is 1. The van der Waals surface area contributed by atoms with Crippen molar-refractivity contribution in [3.05, 3.63) is 0 Å². The minimum Gasteiger partial charge on any atom is -0.312 e. The predicted molar refractivity (Wildman–Crippen MR) is 87.8 cm³/mol. The zero-order chi connectivity index (χ0) is 21.5. The molecule has 1 rings (SSSR count). The lowest BCUT2D eigenvalue weighted by atomic mass is 9.70. The van der Waals surface area contributed by atoms with Crippen molar-refractivity contribution in [1.82, 2.24) is 5.32 Å². The van der Waals surface area contributed by atoms with E-state index >= 15 is 0 Å². The first-order valence-electron chi connectivity index (χ1n) is 8.59. The van der Waals surface area contributed by atoms with Crippen LogP contribution in [0, 0.1) is 5.41 Å². The SMILES string of the molecule is CC(C)NC1CCCC(CC(F)(F)F)(CC(F)(F)F)CCC1.O=P(O)(O)O. The van der Waals surface area contributed by atoms with E-state index < -0.39 is 38.4 Å². The highest BCUT2D eigenvalue weighted by atomic mass is 31.2. The summed E-state index contributed by atoms with van der Waals surface area (Å²) in [6, 6.07) is 0.453. The van der Waals surface area contributed by atoms with Crippen LogP contribution in [0.15, 0.2) is 0 Å². The summed E-state index contributed by atoms with van der Waals surface area (Å²) in [7, 11) is -4.64. The van der Waals surface area contributed by atoms with Gasteiger partial charge in [-0.1, -0.05) is 26.7 Å². The second-order valence-corrected chi connectivity index (χ2v) is 8.43. The van der Waals surface area contributed by atoms with Crippen molar-refractivity contribution in [2.45, 2.75) is 89.7 Å². The van der Waals surface area contributed by atoms with Crippen LogP contribution in [0.1, 0.15) is 65.2 Å². The Bertz CT molecular complexity index is 442. The van der Waals surface area contributed by atoms with E-state index in [-0.39, 0.29) is 24.9 Å². The van der Waals surface area contributed by atoms with E-state index in [2.05, 4.69) is 5.32 Å². The van der Waals surface area contributed by atoms with E-state index in [1.165, 1.54) is 0 Å². The Morgan fingerprint density at radius 2 is 1.30 bits per heavy atom. The molecule has 1 aliphatic rings. The Kier molecular flexibility index (Phi) is 10.3. The minimum atomic E-state index is -4.64. The molecule has 0 heterocycles. The lowest BCUT2D eigenvalue weighted by molar-refractivity contribution is -0.199. The zero-order valence-corrected chi connectivity index (χ0v) is 16.2. The van der Waals surface area contributed by atoms with Gasteiger partial charge in [-0.2, -0.15) is 26.3 Å². The van der Waals surface area contributed by atoms with Gasteiger partial charge in [0, 0.05) is 24.9 Å². The summed E-state index contributed by atoms with van der Waals surface area (Å²) in [6.45, 7) is 3.97. The van der Waals surface area contributed by atoms with Crippen LogP contribution in [0.2, 0.25) is 0 Å². The lowest BCUT2D eigenvalue weighted by Gasteiger charge is -2.38. The normalized spacial score (nSPS) is 19.9. The first-order chi connectivity index (χ1) is 11.9. The van der Waals surface area contributed by atoms with E-state index in [0.29, 0.717) is 25.7 Å². The van der Waals surface area contributed by atoms with Gasteiger partial charge in [0.15, 0.2) is 0 Å². The molecule has 4 N–H and O–H groups in total. The van der Waals surface area contributed by atoms with Gasteiger partial charge >= 0.3 is 20.2 Å². The average Bonchev–Trinajstić information content (AvgIpc) is 2.28. The van der Waals surface area contributed by atoms with Gasteiger partial charge in [0.1, 0.15) is 0 Å². The molecule has 1 saturated carbocycles. The molecule has 0 aromatic heterocycles. The molecular formula is C15H28F6NO4P. The van der Waals surface area contributed by atoms with Crippen molar-refractivity contribution >= 4 is 7.82 Å². The van der Waals surface area contributed by atoms with Crippen molar-refractivity contribution in [2.75, 3.05) is 0 Å². The second kappa shape index (κ2) is 10.4. The van der Waals surface area contributed by atoms with Crippen LogP contribution in [-0.2, 0) is 4.57 Å². The van der Waals surface area contributed by atoms with Gasteiger partial charge in [-0.15, -0.1) is 0 Å². The standard InChI is InChI=1S/C15H25F6N.H3O4P/c1-11(2)22-12-5-3-7-13(8-4-6-12,9-14(16,17)18)10-15(19,20)21;1-5(2,3)4/h11-12,22H,3-10H2,1-2H3;(H3,1,2,3,4). The maximum atomic E-state index is 12.8. The van der Waals surface area contributed by atoms with Crippen molar-refractivity contribution in [2.24, 2.45) is 5.41 Å². The Hall–Kier alpha value is -0.350.